The summed E-state index contributed by atoms with van der Waals surface area (Å²) in [5.41, 5.74) is 0.146. The number of carboxylic acid groups (broad SMARTS) is 1. The minimum Gasteiger partial charge on any atom is -0.494 e. The number of rotatable bonds is 9. The summed E-state index contributed by atoms with van der Waals surface area (Å²) in [6, 6.07) is 6.34. The molecule has 0 saturated carbocycles. The third kappa shape index (κ3) is 7.33. The van der Waals surface area contributed by atoms with Crippen molar-refractivity contribution in [1.82, 2.24) is 4.90 Å². The van der Waals surface area contributed by atoms with Gasteiger partial charge in [0.1, 0.15) is 17.4 Å². The molecule has 146 valence electrons. The molecule has 6 heteroatoms. The lowest BCUT2D eigenvalue weighted by Crippen LogP contribution is -2.48. The smallest absolute Gasteiger partial charge is 0.411 e. The summed E-state index contributed by atoms with van der Waals surface area (Å²) in [5, 5.41) is 9.61. The molecule has 0 aliphatic carbocycles. The second kappa shape index (κ2) is 10.0. The largest absolute Gasteiger partial charge is 0.494 e. The van der Waals surface area contributed by atoms with E-state index in [1.54, 1.807) is 27.7 Å². The van der Waals surface area contributed by atoms with E-state index in [2.05, 4.69) is 6.92 Å². The second-order valence-corrected chi connectivity index (χ2v) is 7.17. The molecule has 0 aromatic heterocycles. The summed E-state index contributed by atoms with van der Waals surface area (Å²) < 4.78 is 11.0. The molecule has 1 atom stereocenters. The number of carbonyl (C=O) groups is 2. The summed E-state index contributed by atoms with van der Waals surface area (Å²) in [7, 11) is 0. The average molecular weight is 365 g/mol. The molecule has 0 aliphatic rings. The maximum atomic E-state index is 12.3. The number of ether oxygens (including phenoxy) is 2. The predicted octanol–water partition coefficient (Wildman–Crippen LogP) is 4.12. The van der Waals surface area contributed by atoms with Crippen molar-refractivity contribution in [3.63, 3.8) is 0 Å². The highest BCUT2D eigenvalue weighted by molar-refractivity contribution is 5.80. The van der Waals surface area contributed by atoms with Gasteiger partial charge in [-0.3, -0.25) is 4.90 Å². The molecule has 0 aliphatic heterocycles. The molecular weight excluding hydrogens is 334 g/mol. The summed E-state index contributed by atoms with van der Waals surface area (Å²) in [6.45, 7) is 10.0. The molecule has 0 heterocycles. The Morgan fingerprint density at radius 2 is 1.77 bits per heavy atom. The Morgan fingerprint density at radius 1 is 1.15 bits per heavy atom. The molecule has 0 fully saturated rings. The number of hydrogen-bond acceptors (Lipinski definition) is 4. The van der Waals surface area contributed by atoms with Crippen molar-refractivity contribution in [1.29, 1.82) is 0 Å². The number of aliphatic carboxylic acids is 1. The standard InChI is InChI=1S/C20H31NO5/c1-6-8-13-25-16-11-9-15(10-12-16)14-17(18(22)23)21(7-2)19(24)26-20(3,4)5/h9-12,17H,6-8,13-14H2,1-5H3,(H,22,23). The van der Waals surface area contributed by atoms with Crippen LogP contribution in [0.4, 0.5) is 4.79 Å². The van der Waals surface area contributed by atoms with E-state index in [1.807, 2.05) is 24.3 Å². The van der Waals surface area contributed by atoms with Gasteiger partial charge in [-0.15, -0.1) is 0 Å². The average Bonchev–Trinajstić information content (AvgIpc) is 2.54. The summed E-state index contributed by atoms with van der Waals surface area (Å²) in [4.78, 5) is 25.3. The van der Waals surface area contributed by atoms with Gasteiger partial charge in [0, 0.05) is 13.0 Å². The Hall–Kier alpha value is -2.24. The SMILES string of the molecule is CCCCOc1ccc(CC(C(=O)O)N(CC)C(=O)OC(C)(C)C)cc1. The predicted molar refractivity (Wildman–Crippen MR) is 101 cm³/mol. The van der Waals surface area contributed by atoms with Crippen LogP contribution < -0.4 is 4.74 Å². The number of hydrogen-bond donors (Lipinski definition) is 1. The third-order valence-electron chi connectivity index (χ3n) is 3.75. The summed E-state index contributed by atoms with van der Waals surface area (Å²) in [5.74, 6) is -0.297. The highest BCUT2D eigenvalue weighted by Gasteiger charge is 2.32. The molecule has 1 aromatic rings. The van der Waals surface area contributed by atoms with Gasteiger partial charge in [-0.05, 0) is 51.8 Å². The van der Waals surface area contributed by atoms with Crippen LogP contribution in [0.25, 0.3) is 0 Å². The Balaban J connectivity index is 2.83. The van der Waals surface area contributed by atoms with E-state index >= 15 is 0 Å². The van der Waals surface area contributed by atoms with Crippen LogP contribution in [0.15, 0.2) is 24.3 Å². The first-order chi connectivity index (χ1) is 12.2. The van der Waals surface area contributed by atoms with Crippen LogP contribution in [0.5, 0.6) is 5.75 Å². The van der Waals surface area contributed by atoms with Crippen LogP contribution in [0, 0.1) is 0 Å². The van der Waals surface area contributed by atoms with Crippen LogP contribution >= 0.6 is 0 Å². The van der Waals surface area contributed by atoms with Gasteiger partial charge in [0.25, 0.3) is 0 Å². The number of likely N-dealkylation sites (N-methyl/N-ethyl adjacent to an activating group) is 1. The topological polar surface area (TPSA) is 76.1 Å². The van der Waals surface area contributed by atoms with E-state index in [0.29, 0.717) is 6.61 Å². The lowest BCUT2D eigenvalue weighted by molar-refractivity contribution is -0.143. The summed E-state index contributed by atoms with van der Waals surface area (Å²) >= 11 is 0. The molecule has 0 saturated heterocycles. The number of carbonyl (C=O) groups excluding carboxylic acids is 1. The molecule has 1 rings (SSSR count). The lowest BCUT2D eigenvalue weighted by atomic mass is 10.0. The Morgan fingerprint density at radius 3 is 2.23 bits per heavy atom. The second-order valence-electron chi connectivity index (χ2n) is 7.17. The van der Waals surface area contributed by atoms with Crippen molar-refractivity contribution >= 4 is 12.1 Å². The van der Waals surface area contributed by atoms with Crippen molar-refractivity contribution in [3.8, 4) is 5.75 Å². The molecule has 0 spiro atoms. The number of unbranched alkanes of at least 4 members (excludes halogenated alkanes) is 1. The Bertz CT molecular complexity index is 577. The van der Waals surface area contributed by atoms with Crippen LogP contribution in [0.3, 0.4) is 0 Å². The van der Waals surface area contributed by atoms with Crippen molar-refractivity contribution in [2.45, 2.75) is 65.5 Å². The van der Waals surface area contributed by atoms with Gasteiger partial charge in [-0.1, -0.05) is 25.5 Å². The van der Waals surface area contributed by atoms with Crippen LogP contribution in [-0.4, -0.2) is 46.9 Å². The van der Waals surface area contributed by atoms with Crippen molar-refractivity contribution < 1.29 is 24.2 Å². The van der Waals surface area contributed by atoms with E-state index in [9.17, 15) is 14.7 Å². The molecule has 1 N–H and O–H groups in total. The Kier molecular flexibility index (Phi) is 8.42. The number of nitrogens with zero attached hydrogens (tertiary/aromatic N) is 1. The fraction of sp³-hybridized carbons (Fsp3) is 0.600. The summed E-state index contributed by atoms with van der Waals surface area (Å²) in [6.07, 6.45) is 1.64. The van der Waals surface area contributed by atoms with Gasteiger partial charge in [0.15, 0.2) is 0 Å². The molecule has 6 nitrogen and oxygen atoms in total. The Labute approximate surface area is 156 Å². The quantitative estimate of drug-likeness (QED) is 0.666. The third-order valence-corrected chi connectivity index (χ3v) is 3.75. The van der Waals surface area contributed by atoms with E-state index < -0.39 is 23.7 Å². The number of amides is 1. The van der Waals surface area contributed by atoms with E-state index in [0.717, 1.165) is 24.2 Å². The van der Waals surface area contributed by atoms with Crippen molar-refractivity contribution in [3.05, 3.63) is 29.8 Å². The van der Waals surface area contributed by atoms with Gasteiger partial charge < -0.3 is 14.6 Å². The van der Waals surface area contributed by atoms with E-state index in [1.165, 1.54) is 4.90 Å². The highest BCUT2D eigenvalue weighted by atomic mass is 16.6. The molecule has 26 heavy (non-hydrogen) atoms. The zero-order valence-electron chi connectivity index (χ0n) is 16.4. The van der Waals surface area contributed by atoms with Gasteiger partial charge in [0.2, 0.25) is 0 Å². The normalized spacial score (nSPS) is 12.3. The monoisotopic (exact) mass is 365 g/mol. The minimum atomic E-state index is -1.05. The van der Waals surface area contributed by atoms with Gasteiger partial charge in [-0.2, -0.15) is 0 Å². The fourth-order valence-corrected chi connectivity index (χ4v) is 2.41. The maximum absolute atomic E-state index is 12.3. The van der Waals surface area contributed by atoms with Crippen LogP contribution in [0.2, 0.25) is 0 Å². The number of carboxylic acids is 1. The van der Waals surface area contributed by atoms with Crippen molar-refractivity contribution in [2.75, 3.05) is 13.2 Å². The molecule has 1 aromatic carbocycles. The maximum Gasteiger partial charge on any atom is 0.411 e. The minimum absolute atomic E-state index is 0.206. The molecule has 0 bridgehead atoms. The van der Waals surface area contributed by atoms with E-state index in [-0.39, 0.29) is 13.0 Å². The van der Waals surface area contributed by atoms with Gasteiger partial charge in [-0.25, -0.2) is 9.59 Å². The first kappa shape index (κ1) is 21.8. The van der Waals surface area contributed by atoms with Crippen LogP contribution in [0.1, 0.15) is 53.0 Å². The van der Waals surface area contributed by atoms with E-state index in [4.69, 9.17) is 9.47 Å². The highest BCUT2D eigenvalue weighted by Crippen LogP contribution is 2.18. The van der Waals surface area contributed by atoms with Gasteiger partial charge >= 0.3 is 12.1 Å². The zero-order valence-corrected chi connectivity index (χ0v) is 16.4. The van der Waals surface area contributed by atoms with Gasteiger partial charge in [0.05, 0.1) is 6.61 Å². The number of benzene rings is 1. The molecular formula is C20H31NO5. The zero-order chi connectivity index (χ0) is 19.7. The molecule has 1 amide bonds. The molecule has 1 unspecified atom stereocenters. The van der Waals surface area contributed by atoms with Crippen molar-refractivity contribution in [2.24, 2.45) is 0 Å². The lowest BCUT2D eigenvalue weighted by Gasteiger charge is -2.30. The molecule has 0 radical (unpaired) electrons. The fourth-order valence-electron chi connectivity index (χ4n) is 2.41. The first-order valence-corrected chi connectivity index (χ1v) is 9.12. The van der Waals surface area contributed by atoms with Crippen LogP contribution in [-0.2, 0) is 16.0 Å². The first-order valence-electron chi connectivity index (χ1n) is 9.12.